The minimum absolute atomic E-state index is 0.204. The lowest BCUT2D eigenvalue weighted by molar-refractivity contribution is 0.265. The Morgan fingerprint density at radius 1 is 1.19 bits per heavy atom. The smallest absolute Gasteiger partial charge is 0.0352 e. The molecule has 1 aliphatic rings. The summed E-state index contributed by atoms with van der Waals surface area (Å²) >= 11 is 0. The fraction of sp³-hybridized carbons (Fsp3) is 0.600. The molecule has 0 spiro atoms. The molecule has 0 radical (unpaired) electrons. The van der Waals surface area contributed by atoms with E-state index in [1.807, 2.05) is 0 Å². The maximum Gasteiger partial charge on any atom is 0.0352 e. The van der Waals surface area contributed by atoms with Gasteiger partial charge in [-0.3, -0.25) is 0 Å². The van der Waals surface area contributed by atoms with Gasteiger partial charge >= 0.3 is 0 Å². The molecule has 16 heavy (non-hydrogen) atoms. The van der Waals surface area contributed by atoms with Crippen LogP contribution in [0, 0.1) is 19.3 Å². The number of hydrogen-bond donors (Lipinski definition) is 1. The van der Waals surface area contributed by atoms with Crippen LogP contribution in [0.15, 0.2) is 18.2 Å². The molecule has 1 aliphatic carbocycles. The van der Waals surface area contributed by atoms with E-state index in [0.29, 0.717) is 5.41 Å². The summed E-state index contributed by atoms with van der Waals surface area (Å²) in [4.78, 5) is 0. The number of nitrogens with two attached hydrogens (primary N) is 1. The highest BCUT2D eigenvalue weighted by Crippen LogP contribution is 2.46. The molecule has 2 N–H and O–H groups in total. The van der Waals surface area contributed by atoms with Crippen LogP contribution in [0.4, 0.5) is 0 Å². The second kappa shape index (κ2) is 4.21. The average Bonchev–Trinajstić information content (AvgIpc) is 2.69. The third-order valence-corrected chi connectivity index (χ3v) is 4.27. The monoisotopic (exact) mass is 217 g/mol. The Morgan fingerprint density at radius 2 is 1.81 bits per heavy atom. The van der Waals surface area contributed by atoms with Gasteiger partial charge in [-0.15, -0.1) is 0 Å². The molecular weight excluding hydrogens is 194 g/mol. The second-order valence-electron chi connectivity index (χ2n) is 5.70. The van der Waals surface area contributed by atoms with Gasteiger partial charge in [-0.25, -0.2) is 0 Å². The van der Waals surface area contributed by atoms with E-state index >= 15 is 0 Å². The van der Waals surface area contributed by atoms with Gasteiger partial charge in [0.2, 0.25) is 0 Å². The van der Waals surface area contributed by atoms with Crippen molar-refractivity contribution in [2.45, 2.75) is 52.5 Å². The standard InChI is InChI=1S/C15H23N/c1-11-6-7-12(2)13(10-11)14(16)15(3)8-4-5-9-15/h6-7,10,14H,4-5,8-9,16H2,1-3H3. The van der Waals surface area contributed by atoms with Crippen molar-refractivity contribution in [3.63, 3.8) is 0 Å². The molecule has 1 aromatic carbocycles. The van der Waals surface area contributed by atoms with E-state index in [9.17, 15) is 0 Å². The fourth-order valence-electron chi connectivity index (χ4n) is 2.96. The van der Waals surface area contributed by atoms with Crippen molar-refractivity contribution < 1.29 is 0 Å². The van der Waals surface area contributed by atoms with Crippen LogP contribution in [0.25, 0.3) is 0 Å². The highest BCUT2D eigenvalue weighted by molar-refractivity contribution is 5.34. The van der Waals surface area contributed by atoms with Crippen molar-refractivity contribution in [1.82, 2.24) is 0 Å². The molecule has 1 fully saturated rings. The van der Waals surface area contributed by atoms with Crippen LogP contribution in [0.3, 0.4) is 0 Å². The Labute approximate surface area is 99.0 Å². The van der Waals surface area contributed by atoms with Gasteiger partial charge in [0.25, 0.3) is 0 Å². The van der Waals surface area contributed by atoms with Gasteiger partial charge in [-0.05, 0) is 43.2 Å². The van der Waals surface area contributed by atoms with E-state index in [4.69, 9.17) is 5.73 Å². The van der Waals surface area contributed by atoms with E-state index in [1.165, 1.54) is 42.4 Å². The highest BCUT2D eigenvalue weighted by atomic mass is 14.7. The van der Waals surface area contributed by atoms with Gasteiger partial charge < -0.3 is 5.73 Å². The van der Waals surface area contributed by atoms with E-state index < -0.39 is 0 Å². The van der Waals surface area contributed by atoms with E-state index in [2.05, 4.69) is 39.0 Å². The summed E-state index contributed by atoms with van der Waals surface area (Å²) in [5, 5.41) is 0. The first kappa shape index (κ1) is 11.7. The van der Waals surface area contributed by atoms with Crippen molar-refractivity contribution in [1.29, 1.82) is 0 Å². The molecule has 0 aromatic heterocycles. The molecule has 0 saturated heterocycles. The second-order valence-corrected chi connectivity index (χ2v) is 5.70. The fourth-order valence-corrected chi connectivity index (χ4v) is 2.96. The predicted molar refractivity (Wildman–Crippen MR) is 69.4 cm³/mol. The van der Waals surface area contributed by atoms with Crippen molar-refractivity contribution in [3.8, 4) is 0 Å². The normalized spacial score (nSPS) is 21.0. The lowest BCUT2D eigenvalue weighted by atomic mass is 9.76. The minimum atomic E-state index is 0.204. The summed E-state index contributed by atoms with van der Waals surface area (Å²) in [6.45, 7) is 6.67. The Bertz CT molecular complexity index is 375. The molecule has 1 saturated carbocycles. The number of benzene rings is 1. The van der Waals surface area contributed by atoms with E-state index in [1.54, 1.807) is 0 Å². The quantitative estimate of drug-likeness (QED) is 0.799. The van der Waals surface area contributed by atoms with Crippen molar-refractivity contribution >= 4 is 0 Å². The van der Waals surface area contributed by atoms with Crippen LogP contribution in [-0.4, -0.2) is 0 Å². The lowest BCUT2D eigenvalue weighted by Crippen LogP contribution is -2.30. The molecule has 0 heterocycles. The molecule has 1 unspecified atom stereocenters. The molecule has 0 aliphatic heterocycles. The Morgan fingerprint density at radius 3 is 2.44 bits per heavy atom. The van der Waals surface area contributed by atoms with Gasteiger partial charge in [0, 0.05) is 6.04 Å². The van der Waals surface area contributed by atoms with Gasteiger partial charge in [0.1, 0.15) is 0 Å². The highest BCUT2D eigenvalue weighted by Gasteiger charge is 2.36. The molecule has 88 valence electrons. The molecule has 1 aromatic rings. The van der Waals surface area contributed by atoms with Gasteiger partial charge in [0.05, 0.1) is 0 Å². The third-order valence-electron chi connectivity index (χ3n) is 4.27. The molecule has 1 atom stereocenters. The topological polar surface area (TPSA) is 26.0 Å². The van der Waals surface area contributed by atoms with Gasteiger partial charge in [0.15, 0.2) is 0 Å². The Kier molecular flexibility index (Phi) is 3.07. The summed E-state index contributed by atoms with van der Waals surface area (Å²) in [5.74, 6) is 0. The summed E-state index contributed by atoms with van der Waals surface area (Å²) in [7, 11) is 0. The number of hydrogen-bond acceptors (Lipinski definition) is 1. The summed E-state index contributed by atoms with van der Waals surface area (Å²) in [6.07, 6.45) is 5.24. The maximum atomic E-state index is 6.50. The van der Waals surface area contributed by atoms with Crippen LogP contribution >= 0.6 is 0 Å². The SMILES string of the molecule is Cc1ccc(C)c(C(N)C2(C)CCCC2)c1. The molecule has 1 heteroatoms. The molecule has 2 rings (SSSR count). The molecule has 1 nitrogen and oxygen atoms in total. The first-order valence-electron chi connectivity index (χ1n) is 6.36. The Balaban J connectivity index is 2.32. The largest absolute Gasteiger partial charge is 0.323 e. The zero-order valence-electron chi connectivity index (χ0n) is 10.7. The summed E-state index contributed by atoms with van der Waals surface area (Å²) in [6, 6.07) is 6.84. The Hall–Kier alpha value is -0.820. The number of rotatable bonds is 2. The first-order chi connectivity index (χ1) is 7.53. The van der Waals surface area contributed by atoms with Crippen LogP contribution in [0.5, 0.6) is 0 Å². The van der Waals surface area contributed by atoms with Crippen molar-refractivity contribution in [2.24, 2.45) is 11.1 Å². The van der Waals surface area contributed by atoms with E-state index in [-0.39, 0.29) is 6.04 Å². The van der Waals surface area contributed by atoms with Crippen LogP contribution in [0.1, 0.15) is 55.3 Å². The average molecular weight is 217 g/mol. The van der Waals surface area contributed by atoms with Gasteiger partial charge in [-0.1, -0.05) is 43.5 Å². The third kappa shape index (κ3) is 2.01. The van der Waals surface area contributed by atoms with E-state index in [0.717, 1.165) is 0 Å². The van der Waals surface area contributed by atoms with Crippen LogP contribution < -0.4 is 5.73 Å². The predicted octanol–water partition coefficient (Wildman–Crippen LogP) is 3.88. The lowest BCUT2D eigenvalue weighted by Gasteiger charge is -2.32. The summed E-state index contributed by atoms with van der Waals surface area (Å²) in [5.41, 5.74) is 10.8. The zero-order chi connectivity index (χ0) is 11.8. The molecule has 0 amide bonds. The van der Waals surface area contributed by atoms with Crippen LogP contribution in [-0.2, 0) is 0 Å². The van der Waals surface area contributed by atoms with Crippen LogP contribution in [0.2, 0.25) is 0 Å². The molecular formula is C15H23N. The summed E-state index contributed by atoms with van der Waals surface area (Å²) < 4.78 is 0. The minimum Gasteiger partial charge on any atom is -0.323 e. The first-order valence-corrected chi connectivity index (χ1v) is 6.36. The van der Waals surface area contributed by atoms with Crippen molar-refractivity contribution in [2.75, 3.05) is 0 Å². The zero-order valence-corrected chi connectivity index (χ0v) is 10.7. The molecule has 0 bridgehead atoms. The number of aryl methyl sites for hydroxylation is 2. The van der Waals surface area contributed by atoms with Gasteiger partial charge in [-0.2, -0.15) is 0 Å². The van der Waals surface area contributed by atoms with Crippen molar-refractivity contribution in [3.05, 3.63) is 34.9 Å². The maximum absolute atomic E-state index is 6.50.